The highest BCUT2D eigenvalue weighted by Gasteiger charge is 2.13. The summed E-state index contributed by atoms with van der Waals surface area (Å²) in [6.07, 6.45) is 0. The minimum Gasteiger partial charge on any atom is -0.493 e. The van der Waals surface area contributed by atoms with E-state index in [1.54, 1.807) is 16.3 Å². The van der Waals surface area contributed by atoms with Gasteiger partial charge in [-0.25, -0.2) is 4.98 Å². The predicted molar refractivity (Wildman–Crippen MR) is 107 cm³/mol. The molecular formula is C19H19BrN2O2S. The number of benzene rings is 2. The number of aromatic nitrogens is 2. The molecule has 1 aromatic heterocycles. The quantitative estimate of drug-likeness (QED) is 0.324. The van der Waals surface area contributed by atoms with E-state index in [4.69, 9.17) is 4.74 Å². The van der Waals surface area contributed by atoms with Gasteiger partial charge in [0.2, 0.25) is 0 Å². The summed E-state index contributed by atoms with van der Waals surface area (Å²) >= 11 is 4.95. The van der Waals surface area contributed by atoms with E-state index in [-0.39, 0.29) is 11.6 Å². The number of nitrogens with zero attached hydrogens (tertiary/aromatic N) is 2. The van der Waals surface area contributed by atoms with Crippen molar-refractivity contribution in [3.63, 3.8) is 0 Å². The third-order valence-corrected chi connectivity index (χ3v) is 5.13. The highest BCUT2D eigenvalue weighted by Crippen LogP contribution is 2.21. The van der Waals surface area contributed by atoms with Crippen LogP contribution in [0.5, 0.6) is 5.75 Å². The standard InChI is InChI=1S/C19H19BrN2O2S/c1-13(2)22-18(23)16-5-3-4-6-17(16)21-19(22)25-12-11-24-15-9-7-14(20)8-10-15/h3-10,13H,11-12H2,1-2H3. The molecule has 0 N–H and O–H groups in total. The van der Waals surface area contributed by atoms with Crippen LogP contribution in [-0.2, 0) is 0 Å². The van der Waals surface area contributed by atoms with Gasteiger partial charge in [-0.1, -0.05) is 39.8 Å². The molecule has 0 saturated heterocycles. The fourth-order valence-corrected chi connectivity index (χ4v) is 3.72. The first-order valence-corrected chi connectivity index (χ1v) is 9.86. The van der Waals surface area contributed by atoms with Gasteiger partial charge in [-0.3, -0.25) is 9.36 Å². The molecule has 0 radical (unpaired) electrons. The lowest BCUT2D eigenvalue weighted by atomic mass is 10.2. The van der Waals surface area contributed by atoms with E-state index >= 15 is 0 Å². The third kappa shape index (κ3) is 4.25. The molecule has 0 unspecified atom stereocenters. The highest BCUT2D eigenvalue weighted by molar-refractivity contribution is 9.10. The van der Waals surface area contributed by atoms with Crippen molar-refractivity contribution in [1.29, 1.82) is 0 Å². The lowest BCUT2D eigenvalue weighted by Gasteiger charge is -2.16. The molecule has 0 amide bonds. The average molecular weight is 419 g/mol. The summed E-state index contributed by atoms with van der Waals surface area (Å²) in [4.78, 5) is 17.4. The van der Waals surface area contributed by atoms with E-state index in [0.717, 1.165) is 20.9 Å². The van der Waals surface area contributed by atoms with Crippen LogP contribution in [-0.4, -0.2) is 21.9 Å². The molecule has 0 spiro atoms. The second kappa shape index (κ2) is 8.06. The Labute approximate surface area is 159 Å². The topological polar surface area (TPSA) is 44.1 Å². The fourth-order valence-electron chi connectivity index (χ4n) is 2.51. The molecule has 130 valence electrons. The van der Waals surface area contributed by atoms with Gasteiger partial charge in [0.15, 0.2) is 5.16 Å². The summed E-state index contributed by atoms with van der Waals surface area (Å²) in [6, 6.07) is 15.3. The summed E-state index contributed by atoms with van der Waals surface area (Å²) < 4.78 is 8.52. The zero-order valence-electron chi connectivity index (χ0n) is 14.1. The van der Waals surface area contributed by atoms with Crippen LogP contribution >= 0.6 is 27.7 Å². The Morgan fingerprint density at radius 3 is 2.60 bits per heavy atom. The number of hydrogen-bond acceptors (Lipinski definition) is 4. The smallest absolute Gasteiger partial charge is 0.262 e. The Morgan fingerprint density at radius 2 is 1.88 bits per heavy atom. The molecule has 0 aliphatic carbocycles. The lowest BCUT2D eigenvalue weighted by molar-refractivity contribution is 0.343. The van der Waals surface area contributed by atoms with Crippen molar-refractivity contribution in [2.75, 3.05) is 12.4 Å². The van der Waals surface area contributed by atoms with Crippen LogP contribution in [0.1, 0.15) is 19.9 Å². The zero-order valence-corrected chi connectivity index (χ0v) is 16.5. The fraction of sp³-hybridized carbons (Fsp3) is 0.263. The van der Waals surface area contributed by atoms with Crippen molar-refractivity contribution in [2.45, 2.75) is 25.0 Å². The first-order valence-electron chi connectivity index (χ1n) is 8.08. The van der Waals surface area contributed by atoms with Crippen LogP contribution < -0.4 is 10.3 Å². The third-order valence-electron chi connectivity index (χ3n) is 3.69. The van der Waals surface area contributed by atoms with E-state index in [9.17, 15) is 4.79 Å². The van der Waals surface area contributed by atoms with Gasteiger partial charge in [0.1, 0.15) is 5.75 Å². The molecule has 0 fully saturated rings. The molecule has 6 heteroatoms. The molecule has 0 aliphatic heterocycles. The molecule has 0 atom stereocenters. The van der Waals surface area contributed by atoms with Gasteiger partial charge < -0.3 is 4.74 Å². The van der Waals surface area contributed by atoms with Gasteiger partial charge in [0.25, 0.3) is 5.56 Å². The van der Waals surface area contributed by atoms with E-state index in [1.807, 2.05) is 62.4 Å². The second-order valence-corrected chi connectivity index (χ2v) is 7.81. The molecule has 0 aliphatic rings. The average Bonchev–Trinajstić information content (AvgIpc) is 2.60. The zero-order chi connectivity index (χ0) is 17.8. The minimum absolute atomic E-state index is 0.0110. The first kappa shape index (κ1) is 18.0. The Morgan fingerprint density at radius 1 is 1.16 bits per heavy atom. The molecule has 4 nitrogen and oxygen atoms in total. The minimum atomic E-state index is 0.0110. The Hall–Kier alpha value is -1.79. The number of halogens is 1. The van der Waals surface area contributed by atoms with E-state index in [1.165, 1.54) is 0 Å². The van der Waals surface area contributed by atoms with Crippen molar-refractivity contribution < 1.29 is 4.74 Å². The number of para-hydroxylation sites is 1. The maximum Gasteiger partial charge on any atom is 0.262 e. The number of fused-ring (bicyclic) bond motifs is 1. The molecule has 0 bridgehead atoms. The van der Waals surface area contributed by atoms with Crippen molar-refractivity contribution in [3.05, 3.63) is 63.4 Å². The van der Waals surface area contributed by atoms with Gasteiger partial charge in [-0.05, 0) is 50.2 Å². The van der Waals surface area contributed by atoms with Crippen LogP contribution in [0, 0.1) is 0 Å². The highest BCUT2D eigenvalue weighted by atomic mass is 79.9. The predicted octanol–water partition coefficient (Wildman–Crippen LogP) is 4.91. The van der Waals surface area contributed by atoms with Gasteiger partial charge >= 0.3 is 0 Å². The number of rotatable bonds is 6. The van der Waals surface area contributed by atoms with Crippen LogP contribution in [0.3, 0.4) is 0 Å². The van der Waals surface area contributed by atoms with Gasteiger partial charge in [-0.2, -0.15) is 0 Å². The maximum atomic E-state index is 12.8. The number of hydrogen-bond donors (Lipinski definition) is 0. The van der Waals surface area contributed by atoms with Gasteiger partial charge in [0.05, 0.1) is 17.5 Å². The summed E-state index contributed by atoms with van der Waals surface area (Å²) in [5.74, 6) is 1.55. The normalized spacial score (nSPS) is 11.2. The molecule has 2 aromatic carbocycles. The maximum absolute atomic E-state index is 12.8. The monoisotopic (exact) mass is 418 g/mol. The summed E-state index contributed by atoms with van der Waals surface area (Å²) in [5, 5.41) is 1.39. The van der Waals surface area contributed by atoms with Crippen molar-refractivity contribution in [3.8, 4) is 5.75 Å². The van der Waals surface area contributed by atoms with Crippen molar-refractivity contribution in [2.24, 2.45) is 0 Å². The first-order chi connectivity index (χ1) is 12.1. The van der Waals surface area contributed by atoms with Crippen LogP contribution in [0.2, 0.25) is 0 Å². The SMILES string of the molecule is CC(C)n1c(SCCOc2ccc(Br)cc2)nc2ccccc2c1=O. The molecule has 25 heavy (non-hydrogen) atoms. The Bertz CT molecular complexity index is 923. The van der Waals surface area contributed by atoms with Gasteiger partial charge in [0, 0.05) is 16.3 Å². The van der Waals surface area contributed by atoms with Crippen LogP contribution in [0.15, 0.2) is 63.0 Å². The van der Waals surface area contributed by atoms with Crippen molar-refractivity contribution >= 4 is 38.6 Å². The van der Waals surface area contributed by atoms with Gasteiger partial charge in [-0.15, -0.1) is 0 Å². The molecule has 1 heterocycles. The largest absolute Gasteiger partial charge is 0.493 e. The molecular weight excluding hydrogens is 400 g/mol. The van der Waals surface area contributed by atoms with E-state index in [2.05, 4.69) is 20.9 Å². The molecule has 3 rings (SSSR count). The summed E-state index contributed by atoms with van der Waals surface area (Å²) in [5.41, 5.74) is 0.748. The molecule has 3 aromatic rings. The Kier molecular flexibility index (Phi) is 5.81. The van der Waals surface area contributed by atoms with Crippen LogP contribution in [0.25, 0.3) is 10.9 Å². The number of thioether (sulfide) groups is 1. The summed E-state index contributed by atoms with van der Waals surface area (Å²) in [7, 11) is 0. The Balaban J connectivity index is 1.75. The van der Waals surface area contributed by atoms with Crippen LogP contribution in [0.4, 0.5) is 0 Å². The number of ether oxygens (including phenoxy) is 1. The lowest BCUT2D eigenvalue weighted by Crippen LogP contribution is -2.25. The summed E-state index contributed by atoms with van der Waals surface area (Å²) in [6.45, 7) is 4.55. The molecule has 0 saturated carbocycles. The van der Waals surface area contributed by atoms with Crippen molar-refractivity contribution in [1.82, 2.24) is 9.55 Å². The van der Waals surface area contributed by atoms with E-state index < -0.39 is 0 Å². The second-order valence-electron chi connectivity index (χ2n) is 5.83. The van der Waals surface area contributed by atoms with E-state index in [0.29, 0.717) is 17.7 Å².